The number of likely N-dealkylation sites (tertiary alicyclic amines) is 1. The first-order valence-corrected chi connectivity index (χ1v) is 7.39. The lowest BCUT2D eigenvalue weighted by atomic mass is 10.0. The average molecular weight is 285 g/mol. The van der Waals surface area contributed by atoms with Crippen LogP contribution in [-0.2, 0) is 0 Å². The van der Waals surface area contributed by atoms with Crippen LogP contribution in [0.1, 0.15) is 28.8 Å². The van der Waals surface area contributed by atoms with Crippen molar-refractivity contribution in [3.63, 3.8) is 0 Å². The Morgan fingerprint density at radius 3 is 2.76 bits per heavy atom. The second-order valence-corrected chi connectivity index (χ2v) is 5.46. The summed E-state index contributed by atoms with van der Waals surface area (Å²) in [6.45, 7) is 4.77. The molecule has 0 saturated carbocycles. The smallest absolute Gasteiger partial charge is 0.251 e. The number of hydrogen-bond donors (Lipinski definition) is 2. The van der Waals surface area contributed by atoms with E-state index in [1.54, 1.807) is 7.05 Å². The molecule has 1 amide bonds. The van der Waals surface area contributed by atoms with Crippen molar-refractivity contribution in [2.75, 3.05) is 32.0 Å². The van der Waals surface area contributed by atoms with Gasteiger partial charge in [0.1, 0.15) is 0 Å². The second-order valence-electron chi connectivity index (χ2n) is 5.46. The zero-order chi connectivity index (χ0) is 15.2. The maximum atomic E-state index is 11.8. The van der Waals surface area contributed by atoms with Crippen LogP contribution in [0.2, 0.25) is 0 Å². The van der Waals surface area contributed by atoms with Crippen molar-refractivity contribution in [3.8, 4) is 12.3 Å². The third-order valence-electron chi connectivity index (χ3n) is 4.07. The summed E-state index contributed by atoms with van der Waals surface area (Å²) in [6.07, 6.45) is 7.50. The van der Waals surface area contributed by atoms with Gasteiger partial charge >= 0.3 is 0 Å². The zero-order valence-corrected chi connectivity index (χ0v) is 12.8. The molecule has 0 bridgehead atoms. The molecule has 0 spiro atoms. The summed E-state index contributed by atoms with van der Waals surface area (Å²) in [5.74, 6) is 2.66. The number of rotatable bonds is 4. The molecule has 4 heteroatoms. The van der Waals surface area contributed by atoms with E-state index in [2.05, 4.69) is 21.5 Å². The molecule has 1 heterocycles. The Hall–Kier alpha value is -1.99. The quantitative estimate of drug-likeness (QED) is 0.830. The lowest BCUT2D eigenvalue weighted by molar-refractivity contribution is 0.0962. The van der Waals surface area contributed by atoms with Gasteiger partial charge < -0.3 is 10.6 Å². The molecule has 1 saturated heterocycles. The van der Waals surface area contributed by atoms with E-state index in [0.29, 0.717) is 6.04 Å². The number of anilines is 1. The number of carbonyl (C=O) groups is 1. The highest BCUT2D eigenvalue weighted by Crippen LogP contribution is 2.22. The largest absolute Gasteiger partial charge is 0.382 e. The van der Waals surface area contributed by atoms with Gasteiger partial charge in [0.05, 0.1) is 6.54 Å². The molecule has 1 aromatic rings. The molecule has 0 aromatic heterocycles. The number of amides is 1. The molecule has 1 fully saturated rings. The fraction of sp³-hybridized carbons (Fsp3) is 0.471. The van der Waals surface area contributed by atoms with Gasteiger partial charge in [-0.2, -0.15) is 0 Å². The Bertz CT molecular complexity index is 539. The van der Waals surface area contributed by atoms with Crippen LogP contribution in [0.25, 0.3) is 0 Å². The Morgan fingerprint density at radius 1 is 1.43 bits per heavy atom. The summed E-state index contributed by atoms with van der Waals surface area (Å²) in [5, 5.41) is 6.25. The maximum absolute atomic E-state index is 11.8. The minimum absolute atomic E-state index is 0.0417. The van der Waals surface area contributed by atoms with Crippen LogP contribution in [0.4, 0.5) is 5.69 Å². The molecule has 21 heavy (non-hydrogen) atoms. The predicted molar refractivity (Wildman–Crippen MR) is 86.5 cm³/mol. The van der Waals surface area contributed by atoms with Gasteiger partial charge in [-0.25, -0.2) is 0 Å². The number of hydrogen-bond acceptors (Lipinski definition) is 3. The minimum Gasteiger partial charge on any atom is -0.382 e. The predicted octanol–water partition coefficient (Wildman–Crippen LogP) is 1.86. The lowest BCUT2D eigenvalue weighted by Crippen LogP contribution is -2.39. The van der Waals surface area contributed by atoms with Crippen LogP contribution in [0.5, 0.6) is 0 Å². The van der Waals surface area contributed by atoms with Crippen molar-refractivity contribution in [2.45, 2.75) is 25.8 Å². The van der Waals surface area contributed by atoms with Gasteiger partial charge in [-0.05, 0) is 37.5 Å². The number of nitrogens with one attached hydrogen (secondary N) is 2. The number of carbonyl (C=O) groups excluding carboxylic acids is 1. The summed E-state index contributed by atoms with van der Waals surface area (Å²) in [5.41, 5.74) is 2.78. The minimum atomic E-state index is -0.0417. The number of nitrogens with zero attached hydrogens (tertiary/aromatic N) is 1. The van der Waals surface area contributed by atoms with Gasteiger partial charge in [-0.1, -0.05) is 12.0 Å². The summed E-state index contributed by atoms with van der Waals surface area (Å²) < 4.78 is 0. The highest BCUT2D eigenvalue weighted by atomic mass is 16.1. The van der Waals surface area contributed by atoms with E-state index in [4.69, 9.17) is 6.42 Å². The summed E-state index contributed by atoms with van der Waals surface area (Å²) >= 11 is 0. The van der Waals surface area contributed by atoms with Crippen molar-refractivity contribution in [1.29, 1.82) is 0 Å². The summed E-state index contributed by atoms with van der Waals surface area (Å²) in [6, 6.07) is 6.26. The summed E-state index contributed by atoms with van der Waals surface area (Å²) in [7, 11) is 1.66. The van der Waals surface area contributed by atoms with Crippen molar-refractivity contribution >= 4 is 11.6 Å². The molecule has 0 atom stereocenters. The van der Waals surface area contributed by atoms with Gasteiger partial charge in [-0.3, -0.25) is 9.69 Å². The maximum Gasteiger partial charge on any atom is 0.251 e. The standard InChI is InChI=1S/C17H23N3O/c1-4-10-20-11-8-14(9-12-20)19-16-7-5-6-15(13(16)2)17(21)18-3/h1,5-7,14,19H,8-12H2,2-3H3,(H,18,21). The van der Waals surface area contributed by atoms with E-state index in [-0.39, 0.29) is 5.91 Å². The Kier molecular flexibility index (Phi) is 5.24. The third kappa shape index (κ3) is 3.77. The number of benzene rings is 1. The van der Waals surface area contributed by atoms with Crippen LogP contribution >= 0.6 is 0 Å². The molecule has 4 nitrogen and oxygen atoms in total. The first-order valence-electron chi connectivity index (χ1n) is 7.39. The monoisotopic (exact) mass is 285 g/mol. The van der Waals surface area contributed by atoms with Crippen LogP contribution < -0.4 is 10.6 Å². The van der Waals surface area contributed by atoms with Crippen LogP contribution in [0.3, 0.4) is 0 Å². The van der Waals surface area contributed by atoms with Gasteiger partial charge in [0.25, 0.3) is 5.91 Å². The fourth-order valence-electron chi connectivity index (χ4n) is 2.76. The molecule has 0 aliphatic carbocycles. The Labute approximate surface area is 126 Å². The highest BCUT2D eigenvalue weighted by Gasteiger charge is 2.19. The van der Waals surface area contributed by atoms with Crippen LogP contribution in [0, 0.1) is 19.3 Å². The average Bonchev–Trinajstić information content (AvgIpc) is 2.51. The van der Waals surface area contributed by atoms with Gasteiger partial charge in [0.15, 0.2) is 0 Å². The van der Waals surface area contributed by atoms with Crippen molar-refractivity contribution < 1.29 is 4.79 Å². The molecule has 0 unspecified atom stereocenters. The first kappa shape index (κ1) is 15.4. The van der Waals surface area contributed by atoms with E-state index in [9.17, 15) is 4.79 Å². The van der Waals surface area contributed by atoms with Crippen LogP contribution in [0.15, 0.2) is 18.2 Å². The van der Waals surface area contributed by atoms with E-state index in [1.807, 2.05) is 25.1 Å². The molecule has 2 rings (SSSR count). The van der Waals surface area contributed by atoms with Gasteiger partial charge in [0.2, 0.25) is 0 Å². The Balaban J connectivity index is 2.01. The SMILES string of the molecule is C#CCN1CCC(Nc2cccc(C(=O)NC)c2C)CC1. The molecule has 0 radical (unpaired) electrons. The van der Waals surface area contributed by atoms with E-state index < -0.39 is 0 Å². The molecule has 2 N–H and O–H groups in total. The summed E-state index contributed by atoms with van der Waals surface area (Å²) in [4.78, 5) is 14.1. The number of terminal acetylenes is 1. The van der Waals surface area contributed by atoms with Crippen molar-refractivity contribution in [2.24, 2.45) is 0 Å². The van der Waals surface area contributed by atoms with E-state index in [1.165, 1.54) is 0 Å². The topological polar surface area (TPSA) is 44.4 Å². The fourth-order valence-corrected chi connectivity index (χ4v) is 2.76. The highest BCUT2D eigenvalue weighted by molar-refractivity contribution is 5.96. The molecule has 1 aromatic carbocycles. The molecular weight excluding hydrogens is 262 g/mol. The lowest BCUT2D eigenvalue weighted by Gasteiger charge is -2.32. The molecule has 1 aliphatic rings. The van der Waals surface area contributed by atoms with Gasteiger partial charge in [-0.15, -0.1) is 6.42 Å². The van der Waals surface area contributed by atoms with Crippen molar-refractivity contribution in [1.82, 2.24) is 10.2 Å². The second kappa shape index (κ2) is 7.14. The van der Waals surface area contributed by atoms with E-state index >= 15 is 0 Å². The Morgan fingerprint density at radius 2 is 2.14 bits per heavy atom. The molecular formula is C17H23N3O. The van der Waals surface area contributed by atoms with Gasteiger partial charge in [0, 0.05) is 37.4 Å². The van der Waals surface area contributed by atoms with Crippen LogP contribution in [-0.4, -0.2) is 43.5 Å². The first-order chi connectivity index (χ1) is 10.2. The zero-order valence-electron chi connectivity index (χ0n) is 12.8. The van der Waals surface area contributed by atoms with E-state index in [0.717, 1.165) is 49.3 Å². The third-order valence-corrected chi connectivity index (χ3v) is 4.07. The van der Waals surface area contributed by atoms with Crippen molar-refractivity contribution in [3.05, 3.63) is 29.3 Å². The molecule has 112 valence electrons. The molecule has 1 aliphatic heterocycles. The normalized spacial score (nSPS) is 16.2. The number of piperidine rings is 1.